The molecule has 1 unspecified atom stereocenters. The number of fused-ring (bicyclic) bond motifs is 1. The number of nitrogens with zero attached hydrogens (tertiary/aromatic N) is 4. The summed E-state index contributed by atoms with van der Waals surface area (Å²) in [6.45, 7) is 7.76. The Balaban J connectivity index is 1.31. The molecule has 52 heavy (non-hydrogen) atoms. The summed E-state index contributed by atoms with van der Waals surface area (Å²) in [5, 5.41) is 16.0. The van der Waals surface area contributed by atoms with Gasteiger partial charge in [-0.2, -0.15) is 5.10 Å². The van der Waals surface area contributed by atoms with E-state index >= 15 is 0 Å². The summed E-state index contributed by atoms with van der Waals surface area (Å²) in [5.41, 5.74) is 7.24. The van der Waals surface area contributed by atoms with Crippen molar-refractivity contribution in [2.75, 3.05) is 24.4 Å². The maximum absolute atomic E-state index is 14.6. The fourth-order valence-corrected chi connectivity index (χ4v) is 7.33. The monoisotopic (exact) mass is 735 g/mol. The number of hydrogen-bond donors (Lipinski definition) is 2. The Bertz CT molecular complexity index is 1990. The number of aliphatic hydroxyl groups is 1. The molecule has 0 aliphatic carbocycles. The highest BCUT2D eigenvalue weighted by Gasteiger charge is 2.32. The Labute approximate surface area is 315 Å². The van der Waals surface area contributed by atoms with Crippen LogP contribution in [0.3, 0.4) is 0 Å². The Hall–Kier alpha value is -4.57. The second-order valence-electron chi connectivity index (χ2n) is 13.3. The molecule has 1 atom stereocenters. The van der Waals surface area contributed by atoms with Crippen molar-refractivity contribution in [3.05, 3.63) is 130 Å². The summed E-state index contributed by atoms with van der Waals surface area (Å²) >= 11 is 7.53. The minimum absolute atomic E-state index is 0.0959. The molecule has 2 N–H and O–H groups in total. The number of benzene rings is 4. The van der Waals surface area contributed by atoms with Gasteiger partial charge in [0.25, 0.3) is 11.8 Å². The average Bonchev–Trinajstić information content (AvgIpc) is 3.57. The van der Waals surface area contributed by atoms with Gasteiger partial charge < -0.3 is 19.6 Å². The number of aryl methyl sites for hydroxylation is 1. The van der Waals surface area contributed by atoms with E-state index < -0.39 is 0 Å². The molecule has 0 bridgehead atoms. The number of aromatic nitrogens is 2. The number of nitrogens with one attached hydrogen (secondary N) is 1. The Morgan fingerprint density at radius 2 is 1.56 bits per heavy atom. The van der Waals surface area contributed by atoms with Crippen LogP contribution in [0, 0.1) is 6.92 Å². The third-order valence-electron chi connectivity index (χ3n) is 9.56. The standard InChI is InChI=1S/C42H46ClN5O3S/c1-4-6-22-46(23-7-5-2)42(51)39-24-29(3)48(44-39)40-21-18-35(45-52-37-19-14-31(15-20-37)30-12-16-34(43)17-13-30)26-38(40)41(50)47-27-33-11-9-8-10-32(33)25-36(47)28-49/h8-21,24,26,36,45,49H,4-7,22-23,25,27-28H2,1-3H3. The molecule has 5 aromatic rings. The minimum Gasteiger partial charge on any atom is -0.394 e. The first-order chi connectivity index (χ1) is 25.3. The molecule has 1 aromatic heterocycles. The Morgan fingerprint density at radius 3 is 2.21 bits per heavy atom. The number of rotatable bonds is 14. The van der Waals surface area contributed by atoms with Crippen molar-refractivity contribution in [2.24, 2.45) is 0 Å². The molecular weight excluding hydrogens is 690 g/mol. The molecule has 0 fully saturated rings. The molecule has 2 heterocycles. The lowest BCUT2D eigenvalue weighted by atomic mass is 9.93. The Kier molecular flexibility index (Phi) is 12.4. The summed E-state index contributed by atoms with van der Waals surface area (Å²) in [5.74, 6) is -0.304. The van der Waals surface area contributed by atoms with Crippen molar-refractivity contribution in [2.45, 2.75) is 70.4 Å². The van der Waals surface area contributed by atoms with E-state index in [9.17, 15) is 14.7 Å². The van der Waals surface area contributed by atoms with Crippen LogP contribution in [-0.4, -0.2) is 62.2 Å². The minimum atomic E-state index is -0.373. The number of carbonyl (C=O) groups is 2. The summed E-state index contributed by atoms with van der Waals surface area (Å²) in [6, 6.07) is 31.2. The summed E-state index contributed by atoms with van der Waals surface area (Å²) < 4.78 is 5.13. The van der Waals surface area contributed by atoms with E-state index in [-0.39, 0.29) is 24.5 Å². The van der Waals surface area contributed by atoms with Crippen LogP contribution < -0.4 is 4.72 Å². The normalized spacial score (nSPS) is 13.9. The van der Waals surface area contributed by atoms with Crippen molar-refractivity contribution < 1.29 is 14.7 Å². The van der Waals surface area contributed by atoms with E-state index in [1.165, 1.54) is 11.9 Å². The van der Waals surface area contributed by atoms with E-state index in [1.807, 2.05) is 78.6 Å². The molecule has 10 heteroatoms. The second-order valence-corrected chi connectivity index (χ2v) is 14.6. The van der Waals surface area contributed by atoms with Crippen LogP contribution in [0.4, 0.5) is 5.69 Å². The van der Waals surface area contributed by atoms with E-state index in [0.717, 1.165) is 64.2 Å². The highest BCUT2D eigenvalue weighted by atomic mass is 35.5. The molecule has 2 amide bonds. The van der Waals surface area contributed by atoms with Gasteiger partial charge in [-0.3, -0.25) is 9.59 Å². The van der Waals surface area contributed by atoms with Crippen LogP contribution in [0.15, 0.2) is 102 Å². The molecule has 1 aliphatic rings. The molecule has 1 aliphatic heterocycles. The van der Waals surface area contributed by atoms with Gasteiger partial charge in [0.2, 0.25) is 0 Å². The molecule has 0 radical (unpaired) electrons. The van der Waals surface area contributed by atoms with Crippen molar-refractivity contribution >= 4 is 41.1 Å². The lowest BCUT2D eigenvalue weighted by molar-refractivity contribution is 0.0544. The first-order valence-electron chi connectivity index (χ1n) is 18.1. The van der Waals surface area contributed by atoms with Crippen LogP contribution in [0.25, 0.3) is 16.8 Å². The molecule has 0 saturated heterocycles. The average molecular weight is 736 g/mol. The van der Waals surface area contributed by atoms with E-state index in [1.54, 1.807) is 9.58 Å². The largest absolute Gasteiger partial charge is 0.394 e. The number of carbonyl (C=O) groups excluding carboxylic acids is 2. The van der Waals surface area contributed by atoms with E-state index in [4.69, 9.17) is 16.7 Å². The van der Waals surface area contributed by atoms with E-state index in [2.05, 4.69) is 48.9 Å². The molecule has 6 rings (SSSR count). The lowest BCUT2D eigenvalue weighted by Gasteiger charge is -2.36. The first kappa shape index (κ1) is 37.2. The number of amides is 2. The summed E-state index contributed by atoms with van der Waals surface area (Å²) in [6.07, 6.45) is 4.42. The SMILES string of the molecule is CCCCN(CCCC)C(=O)c1cc(C)n(-c2ccc(NSc3ccc(-c4ccc(Cl)cc4)cc3)cc2C(=O)N2Cc3ccccc3CC2CO)n1. The maximum Gasteiger partial charge on any atom is 0.274 e. The van der Waals surface area contributed by atoms with Crippen molar-refractivity contribution in [1.82, 2.24) is 19.6 Å². The van der Waals surface area contributed by atoms with Gasteiger partial charge in [-0.1, -0.05) is 86.8 Å². The van der Waals surface area contributed by atoms with Gasteiger partial charge in [0.1, 0.15) is 0 Å². The predicted molar refractivity (Wildman–Crippen MR) is 211 cm³/mol. The number of hydrogen-bond acceptors (Lipinski definition) is 6. The van der Waals surface area contributed by atoms with Gasteiger partial charge in [-0.25, -0.2) is 4.68 Å². The van der Waals surface area contributed by atoms with Gasteiger partial charge >= 0.3 is 0 Å². The van der Waals surface area contributed by atoms with Gasteiger partial charge in [0, 0.05) is 40.9 Å². The number of unbranched alkanes of at least 4 members (excludes halogenated alkanes) is 2. The van der Waals surface area contributed by atoms with Crippen LogP contribution in [-0.2, 0) is 13.0 Å². The van der Waals surface area contributed by atoms with Crippen LogP contribution >= 0.6 is 23.5 Å². The van der Waals surface area contributed by atoms with Crippen molar-refractivity contribution in [3.8, 4) is 16.8 Å². The number of halogens is 1. The fourth-order valence-electron chi connectivity index (χ4n) is 6.57. The first-order valence-corrected chi connectivity index (χ1v) is 19.3. The molecule has 8 nitrogen and oxygen atoms in total. The fraction of sp³-hybridized carbons (Fsp3) is 0.310. The second kappa shape index (κ2) is 17.3. The number of anilines is 1. The smallest absolute Gasteiger partial charge is 0.274 e. The van der Waals surface area contributed by atoms with Gasteiger partial charge in [-0.05, 0) is 109 Å². The molecule has 0 spiro atoms. The maximum atomic E-state index is 14.6. The zero-order valence-electron chi connectivity index (χ0n) is 30.0. The van der Waals surface area contributed by atoms with Crippen LogP contribution in [0.5, 0.6) is 0 Å². The Morgan fingerprint density at radius 1 is 0.904 bits per heavy atom. The number of aliphatic hydroxyl groups excluding tert-OH is 1. The van der Waals surface area contributed by atoms with Crippen LogP contribution in [0.2, 0.25) is 5.02 Å². The van der Waals surface area contributed by atoms with Gasteiger partial charge in [0.15, 0.2) is 5.69 Å². The predicted octanol–water partition coefficient (Wildman–Crippen LogP) is 9.22. The van der Waals surface area contributed by atoms with Gasteiger partial charge in [-0.15, -0.1) is 0 Å². The third kappa shape index (κ3) is 8.55. The molecule has 4 aromatic carbocycles. The lowest BCUT2D eigenvalue weighted by Crippen LogP contribution is -2.46. The topological polar surface area (TPSA) is 90.7 Å². The molecular formula is C42H46ClN5O3S. The summed E-state index contributed by atoms with van der Waals surface area (Å²) in [4.78, 5) is 33.0. The zero-order chi connectivity index (χ0) is 36.6. The van der Waals surface area contributed by atoms with Crippen molar-refractivity contribution in [3.63, 3.8) is 0 Å². The highest BCUT2D eigenvalue weighted by molar-refractivity contribution is 8.00. The van der Waals surface area contributed by atoms with Crippen LogP contribution in [0.1, 0.15) is 77.2 Å². The highest BCUT2D eigenvalue weighted by Crippen LogP contribution is 2.31. The third-order valence-corrected chi connectivity index (χ3v) is 10.7. The molecule has 270 valence electrons. The van der Waals surface area contributed by atoms with E-state index in [0.29, 0.717) is 48.0 Å². The van der Waals surface area contributed by atoms with Gasteiger partial charge in [0.05, 0.1) is 23.9 Å². The molecule has 0 saturated carbocycles. The zero-order valence-corrected chi connectivity index (χ0v) is 31.6. The quantitative estimate of drug-likeness (QED) is 0.111. The van der Waals surface area contributed by atoms with Crippen molar-refractivity contribution in [1.29, 1.82) is 0 Å². The summed E-state index contributed by atoms with van der Waals surface area (Å²) in [7, 11) is 0.